The summed E-state index contributed by atoms with van der Waals surface area (Å²) < 4.78 is 33.7. The lowest BCUT2D eigenvalue weighted by molar-refractivity contribution is -0.116. The minimum atomic E-state index is -3.58. The van der Waals surface area contributed by atoms with E-state index in [4.69, 9.17) is 4.74 Å². The summed E-state index contributed by atoms with van der Waals surface area (Å²) in [6, 6.07) is 13.0. The van der Waals surface area contributed by atoms with Gasteiger partial charge in [0, 0.05) is 44.8 Å². The lowest BCUT2D eigenvalue weighted by atomic mass is 10.1. The number of carbonyl (C=O) groups is 1. The Hall–Kier alpha value is -2.62. The highest BCUT2D eigenvalue weighted by molar-refractivity contribution is 7.89. The fraction of sp³-hybridized carbons (Fsp3) is 0.458. The van der Waals surface area contributed by atoms with Gasteiger partial charge < -0.3 is 15.0 Å². The zero-order chi connectivity index (χ0) is 23.3. The second kappa shape index (κ2) is 10.5. The van der Waals surface area contributed by atoms with E-state index in [0.717, 1.165) is 62.6 Å². The molecule has 2 heterocycles. The predicted octanol–water partition coefficient (Wildman–Crippen LogP) is 2.46. The Bertz CT molecular complexity index is 1080. The number of para-hydroxylation sites is 2. The molecule has 178 valence electrons. The number of hydrogen-bond donors (Lipinski definition) is 2. The minimum absolute atomic E-state index is 0.0220. The highest BCUT2D eigenvalue weighted by Crippen LogP contribution is 2.28. The number of nitrogens with zero attached hydrogens (tertiary/aromatic N) is 2. The van der Waals surface area contributed by atoms with Crippen LogP contribution in [-0.2, 0) is 21.2 Å². The third kappa shape index (κ3) is 5.85. The maximum absolute atomic E-state index is 12.7. The first-order chi connectivity index (χ1) is 16.0. The van der Waals surface area contributed by atoms with Crippen molar-refractivity contribution >= 4 is 27.3 Å². The van der Waals surface area contributed by atoms with E-state index in [1.807, 2.05) is 18.2 Å². The van der Waals surface area contributed by atoms with Crippen molar-refractivity contribution in [3.8, 4) is 5.75 Å². The Balaban J connectivity index is 1.24. The van der Waals surface area contributed by atoms with E-state index in [0.29, 0.717) is 25.1 Å². The highest BCUT2D eigenvalue weighted by Gasteiger charge is 2.21. The van der Waals surface area contributed by atoms with Crippen molar-refractivity contribution in [3.63, 3.8) is 0 Å². The van der Waals surface area contributed by atoms with Gasteiger partial charge in [-0.15, -0.1) is 0 Å². The van der Waals surface area contributed by atoms with Crippen molar-refractivity contribution in [1.82, 2.24) is 9.62 Å². The van der Waals surface area contributed by atoms with Crippen molar-refractivity contribution in [1.29, 1.82) is 0 Å². The first-order valence-corrected chi connectivity index (χ1v) is 13.0. The van der Waals surface area contributed by atoms with Crippen LogP contribution in [-0.4, -0.2) is 65.6 Å². The summed E-state index contributed by atoms with van der Waals surface area (Å²) in [6.07, 6.45) is 2.62. The highest BCUT2D eigenvalue weighted by atomic mass is 32.2. The third-order valence-corrected chi connectivity index (χ3v) is 7.71. The molecule has 0 saturated carbocycles. The molecule has 0 radical (unpaired) electrons. The molecule has 2 aliphatic heterocycles. The van der Waals surface area contributed by atoms with Gasteiger partial charge >= 0.3 is 0 Å². The van der Waals surface area contributed by atoms with Crippen LogP contribution in [0.3, 0.4) is 0 Å². The van der Waals surface area contributed by atoms with Crippen LogP contribution in [0.4, 0.5) is 11.4 Å². The second-order valence-electron chi connectivity index (χ2n) is 8.47. The van der Waals surface area contributed by atoms with Crippen molar-refractivity contribution in [2.75, 3.05) is 56.6 Å². The standard InChI is InChI=1S/C24H32N4O4S/c1-32-23-8-3-2-7-22(23)28-16-14-27(15-17-28)13-5-12-25-33(30,31)20-10-11-21-19(18-20)6-4-9-24(29)26-21/h2-3,7-8,10-11,18,25H,4-6,9,12-17H2,1H3,(H,26,29). The van der Waals surface area contributed by atoms with Gasteiger partial charge in [-0.3, -0.25) is 9.69 Å². The van der Waals surface area contributed by atoms with Crippen molar-refractivity contribution < 1.29 is 17.9 Å². The number of rotatable bonds is 8. The van der Waals surface area contributed by atoms with Crippen molar-refractivity contribution in [2.45, 2.75) is 30.6 Å². The predicted molar refractivity (Wildman–Crippen MR) is 129 cm³/mol. The first-order valence-electron chi connectivity index (χ1n) is 11.5. The van der Waals surface area contributed by atoms with Gasteiger partial charge in [-0.05, 0) is 61.7 Å². The van der Waals surface area contributed by atoms with Gasteiger partial charge in [0.1, 0.15) is 5.75 Å². The Labute approximate surface area is 196 Å². The largest absolute Gasteiger partial charge is 0.495 e. The molecule has 0 atom stereocenters. The van der Waals surface area contributed by atoms with Crippen LogP contribution < -0.4 is 19.7 Å². The Morgan fingerprint density at radius 3 is 2.64 bits per heavy atom. The number of piperazine rings is 1. The molecular weight excluding hydrogens is 440 g/mol. The Morgan fingerprint density at radius 2 is 1.85 bits per heavy atom. The zero-order valence-corrected chi connectivity index (χ0v) is 19.9. The second-order valence-corrected chi connectivity index (χ2v) is 10.2. The maximum Gasteiger partial charge on any atom is 0.240 e. The summed E-state index contributed by atoms with van der Waals surface area (Å²) in [5.74, 6) is 0.867. The van der Waals surface area contributed by atoms with E-state index in [-0.39, 0.29) is 10.8 Å². The van der Waals surface area contributed by atoms with Crippen molar-refractivity contribution in [2.24, 2.45) is 0 Å². The van der Waals surface area contributed by atoms with E-state index in [1.54, 1.807) is 25.3 Å². The van der Waals surface area contributed by atoms with Gasteiger partial charge in [0.15, 0.2) is 0 Å². The van der Waals surface area contributed by atoms with Crippen LogP contribution in [0.1, 0.15) is 24.8 Å². The number of nitrogens with one attached hydrogen (secondary N) is 2. The van der Waals surface area contributed by atoms with Crippen LogP contribution in [0, 0.1) is 0 Å². The number of fused-ring (bicyclic) bond motifs is 1. The van der Waals surface area contributed by atoms with Gasteiger partial charge in [-0.2, -0.15) is 0 Å². The molecule has 4 rings (SSSR count). The summed E-state index contributed by atoms with van der Waals surface area (Å²) in [7, 11) is -1.88. The monoisotopic (exact) mass is 472 g/mol. The van der Waals surface area contributed by atoms with Crippen LogP contribution in [0.2, 0.25) is 0 Å². The van der Waals surface area contributed by atoms with Crippen LogP contribution >= 0.6 is 0 Å². The molecule has 33 heavy (non-hydrogen) atoms. The molecule has 0 aromatic heterocycles. The molecule has 1 saturated heterocycles. The summed E-state index contributed by atoms with van der Waals surface area (Å²) in [6.45, 7) is 4.93. The third-order valence-electron chi connectivity index (χ3n) is 6.25. The van der Waals surface area contributed by atoms with Crippen molar-refractivity contribution in [3.05, 3.63) is 48.0 Å². The first kappa shape index (κ1) is 23.5. The minimum Gasteiger partial charge on any atom is -0.495 e. The molecule has 2 aromatic carbocycles. The molecular formula is C24H32N4O4S. The number of amides is 1. The van der Waals surface area contributed by atoms with Crippen LogP contribution in [0.5, 0.6) is 5.75 Å². The Morgan fingerprint density at radius 1 is 1.06 bits per heavy atom. The number of hydrogen-bond acceptors (Lipinski definition) is 6. The molecule has 1 fully saturated rings. The number of benzene rings is 2. The summed E-state index contributed by atoms with van der Waals surface area (Å²) >= 11 is 0. The van der Waals surface area contributed by atoms with E-state index < -0.39 is 10.0 Å². The smallest absolute Gasteiger partial charge is 0.240 e. The fourth-order valence-corrected chi connectivity index (χ4v) is 5.54. The Kier molecular flexibility index (Phi) is 7.52. The fourth-order valence-electron chi connectivity index (χ4n) is 4.41. The zero-order valence-electron chi connectivity index (χ0n) is 19.0. The number of ether oxygens (including phenoxy) is 1. The molecule has 0 aliphatic carbocycles. The molecule has 0 unspecified atom stereocenters. The van der Waals surface area contributed by atoms with Gasteiger partial charge in [0.25, 0.3) is 0 Å². The molecule has 9 heteroatoms. The molecule has 0 spiro atoms. The SMILES string of the molecule is COc1ccccc1N1CCN(CCCNS(=O)(=O)c2ccc3c(c2)CCCC(=O)N3)CC1. The van der Waals surface area contributed by atoms with Gasteiger partial charge in [-0.25, -0.2) is 13.1 Å². The van der Waals surface area contributed by atoms with E-state index in [2.05, 4.69) is 25.9 Å². The molecule has 2 N–H and O–H groups in total. The lowest BCUT2D eigenvalue weighted by Crippen LogP contribution is -2.47. The average Bonchev–Trinajstić information content (AvgIpc) is 3.02. The average molecular weight is 473 g/mol. The molecule has 1 amide bonds. The molecule has 8 nitrogen and oxygen atoms in total. The number of carbonyl (C=O) groups excluding carboxylic acids is 1. The summed E-state index contributed by atoms with van der Waals surface area (Å²) in [5.41, 5.74) is 2.70. The number of sulfonamides is 1. The lowest BCUT2D eigenvalue weighted by Gasteiger charge is -2.36. The molecule has 2 aromatic rings. The number of aryl methyl sites for hydroxylation is 1. The van der Waals surface area contributed by atoms with Crippen LogP contribution in [0.15, 0.2) is 47.4 Å². The summed E-state index contributed by atoms with van der Waals surface area (Å²) in [4.78, 5) is 16.6. The molecule has 0 bridgehead atoms. The number of methoxy groups -OCH3 is 1. The van der Waals surface area contributed by atoms with Gasteiger partial charge in [0.2, 0.25) is 15.9 Å². The topological polar surface area (TPSA) is 91.0 Å². The van der Waals surface area contributed by atoms with E-state index >= 15 is 0 Å². The maximum atomic E-state index is 12.7. The number of anilines is 2. The quantitative estimate of drug-likeness (QED) is 0.574. The summed E-state index contributed by atoms with van der Waals surface area (Å²) in [5, 5.41) is 2.84. The molecule has 2 aliphatic rings. The normalized spacial score (nSPS) is 17.2. The van der Waals surface area contributed by atoms with Gasteiger partial charge in [0.05, 0.1) is 17.7 Å². The van der Waals surface area contributed by atoms with E-state index in [1.165, 1.54) is 0 Å². The van der Waals surface area contributed by atoms with Gasteiger partial charge in [-0.1, -0.05) is 12.1 Å². The van der Waals surface area contributed by atoms with Crippen LogP contribution in [0.25, 0.3) is 0 Å². The van der Waals surface area contributed by atoms with E-state index in [9.17, 15) is 13.2 Å².